The van der Waals surface area contributed by atoms with E-state index in [-0.39, 0.29) is 11.4 Å². The Morgan fingerprint density at radius 1 is 1.31 bits per heavy atom. The van der Waals surface area contributed by atoms with Crippen LogP contribution in [0.2, 0.25) is 0 Å². The fraction of sp³-hybridized carbons (Fsp3) is 0.857. The Morgan fingerprint density at radius 2 is 2.00 bits per heavy atom. The molecule has 2 nitrogen and oxygen atoms in total. The van der Waals surface area contributed by atoms with Crippen molar-refractivity contribution in [1.29, 1.82) is 0 Å². The zero-order valence-corrected chi connectivity index (χ0v) is 10.6. The molecule has 0 aromatic heterocycles. The normalized spacial score (nSPS) is 38.5. The summed E-state index contributed by atoms with van der Waals surface area (Å²) < 4.78 is 12.4. The molecule has 0 radical (unpaired) electrons. The lowest BCUT2D eigenvalue weighted by Gasteiger charge is -2.51. The lowest BCUT2D eigenvalue weighted by atomic mass is 9.84. The monoisotopic (exact) mass is 224 g/mol. The van der Waals surface area contributed by atoms with Crippen LogP contribution in [0.25, 0.3) is 0 Å². The lowest BCUT2D eigenvalue weighted by Crippen LogP contribution is -2.55. The smallest absolute Gasteiger partial charge is 0.169 e. The molecular formula is C14H24O2. The van der Waals surface area contributed by atoms with Gasteiger partial charge in [-0.2, -0.15) is 0 Å². The highest BCUT2D eigenvalue weighted by Gasteiger charge is 2.47. The summed E-state index contributed by atoms with van der Waals surface area (Å²) in [4.78, 5) is 0. The number of hydrogen-bond donors (Lipinski definition) is 0. The van der Waals surface area contributed by atoms with Crippen molar-refractivity contribution in [2.45, 2.75) is 63.8 Å². The van der Waals surface area contributed by atoms with Gasteiger partial charge in [-0.25, -0.2) is 0 Å². The van der Waals surface area contributed by atoms with Crippen LogP contribution in [-0.4, -0.2) is 18.0 Å². The average molecular weight is 224 g/mol. The second-order valence-electron chi connectivity index (χ2n) is 5.59. The van der Waals surface area contributed by atoms with Gasteiger partial charge < -0.3 is 9.47 Å². The molecule has 0 N–H and O–H groups in total. The van der Waals surface area contributed by atoms with Crippen molar-refractivity contribution in [3.63, 3.8) is 0 Å². The Balaban J connectivity index is 2.11. The Kier molecular flexibility index (Phi) is 3.41. The van der Waals surface area contributed by atoms with Gasteiger partial charge in [0.1, 0.15) is 0 Å². The van der Waals surface area contributed by atoms with E-state index in [0.717, 1.165) is 25.9 Å². The van der Waals surface area contributed by atoms with Crippen LogP contribution in [-0.2, 0) is 9.47 Å². The summed E-state index contributed by atoms with van der Waals surface area (Å²) in [5.41, 5.74) is -0.0860. The van der Waals surface area contributed by atoms with Crippen molar-refractivity contribution in [1.82, 2.24) is 0 Å². The molecule has 0 bridgehead atoms. The van der Waals surface area contributed by atoms with Crippen LogP contribution in [0.15, 0.2) is 12.7 Å². The first kappa shape index (κ1) is 12.1. The molecular weight excluding hydrogens is 200 g/mol. The van der Waals surface area contributed by atoms with Crippen LogP contribution in [0.5, 0.6) is 0 Å². The molecule has 1 unspecified atom stereocenters. The van der Waals surface area contributed by atoms with Gasteiger partial charge in [0.15, 0.2) is 5.79 Å². The molecule has 2 rings (SSSR count). The highest BCUT2D eigenvalue weighted by molar-refractivity contribution is 4.94. The van der Waals surface area contributed by atoms with Crippen molar-refractivity contribution in [3.05, 3.63) is 12.7 Å². The molecule has 0 aromatic carbocycles. The van der Waals surface area contributed by atoms with Gasteiger partial charge in [-0.1, -0.05) is 19.4 Å². The first-order valence-corrected chi connectivity index (χ1v) is 6.55. The Morgan fingerprint density at radius 3 is 2.62 bits per heavy atom. The fourth-order valence-corrected chi connectivity index (χ4v) is 2.87. The second-order valence-corrected chi connectivity index (χ2v) is 5.59. The van der Waals surface area contributed by atoms with E-state index >= 15 is 0 Å². The quantitative estimate of drug-likeness (QED) is 0.666. The summed E-state index contributed by atoms with van der Waals surface area (Å²) >= 11 is 0. The molecule has 2 fully saturated rings. The average Bonchev–Trinajstić information content (AvgIpc) is 2.26. The van der Waals surface area contributed by atoms with Gasteiger partial charge in [0.2, 0.25) is 0 Å². The van der Waals surface area contributed by atoms with E-state index < -0.39 is 0 Å². The van der Waals surface area contributed by atoms with Crippen LogP contribution in [0.1, 0.15) is 52.4 Å². The molecule has 1 saturated heterocycles. The highest BCUT2D eigenvalue weighted by atomic mass is 16.7. The van der Waals surface area contributed by atoms with Crippen molar-refractivity contribution >= 4 is 0 Å². The predicted molar refractivity (Wildman–Crippen MR) is 65.2 cm³/mol. The standard InChI is InChI=1S/C14H24O2/c1-4-8-13(3)12(2)11-15-14(16-13)9-6-5-7-10-14/h4,12H,1,5-11H2,2-3H3/t12?,13-/m0/s1. The predicted octanol–water partition coefficient (Wildman–Crippen LogP) is 3.66. The zero-order chi connectivity index (χ0) is 11.6. The maximum atomic E-state index is 6.36. The zero-order valence-electron chi connectivity index (χ0n) is 10.6. The molecule has 2 aliphatic rings. The molecule has 2 heteroatoms. The second kappa shape index (κ2) is 4.50. The summed E-state index contributed by atoms with van der Waals surface area (Å²) in [7, 11) is 0. The first-order valence-electron chi connectivity index (χ1n) is 6.55. The van der Waals surface area contributed by atoms with Crippen molar-refractivity contribution in [2.24, 2.45) is 5.92 Å². The van der Waals surface area contributed by atoms with E-state index in [9.17, 15) is 0 Å². The third-order valence-electron chi connectivity index (χ3n) is 4.22. The third kappa shape index (κ3) is 2.18. The van der Waals surface area contributed by atoms with Gasteiger partial charge >= 0.3 is 0 Å². The van der Waals surface area contributed by atoms with Gasteiger partial charge in [0.05, 0.1) is 12.2 Å². The molecule has 0 amide bonds. The summed E-state index contributed by atoms with van der Waals surface area (Å²) in [6, 6.07) is 0. The van der Waals surface area contributed by atoms with Gasteiger partial charge in [0.25, 0.3) is 0 Å². The Labute approximate surface area is 99.0 Å². The minimum Gasteiger partial charge on any atom is -0.350 e. The molecule has 1 aliphatic heterocycles. The molecule has 1 spiro atoms. The van der Waals surface area contributed by atoms with E-state index in [0.29, 0.717) is 5.92 Å². The van der Waals surface area contributed by atoms with Crippen molar-refractivity contribution < 1.29 is 9.47 Å². The largest absolute Gasteiger partial charge is 0.350 e. The maximum absolute atomic E-state index is 6.36. The van der Waals surface area contributed by atoms with E-state index in [2.05, 4.69) is 20.4 Å². The fourth-order valence-electron chi connectivity index (χ4n) is 2.87. The van der Waals surface area contributed by atoms with Crippen LogP contribution < -0.4 is 0 Å². The number of rotatable bonds is 2. The van der Waals surface area contributed by atoms with Gasteiger partial charge in [-0.3, -0.25) is 0 Å². The minimum atomic E-state index is -0.275. The van der Waals surface area contributed by atoms with Crippen LogP contribution >= 0.6 is 0 Å². The first-order chi connectivity index (χ1) is 7.60. The highest BCUT2D eigenvalue weighted by Crippen LogP contribution is 2.44. The van der Waals surface area contributed by atoms with Gasteiger partial charge in [0, 0.05) is 18.8 Å². The van der Waals surface area contributed by atoms with Crippen LogP contribution in [0.4, 0.5) is 0 Å². The molecule has 1 saturated carbocycles. The van der Waals surface area contributed by atoms with Gasteiger partial charge in [-0.15, -0.1) is 6.58 Å². The topological polar surface area (TPSA) is 18.5 Å². The Bertz CT molecular complexity index is 255. The maximum Gasteiger partial charge on any atom is 0.169 e. The van der Waals surface area contributed by atoms with E-state index in [1.54, 1.807) is 0 Å². The molecule has 1 heterocycles. The van der Waals surface area contributed by atoms with Crippen LogP contribution in [0.3, 0.4) is 0 Å². The van der Waals surface area contributed by atoms with E-state index in [1.807, 2.05) is 6.08 Å². The molecule has 16 heavy (non-hydrogen) atoms. The minimum absolute atomic E-state index is 0.0860. The molecule has 92 valence electrons. The van der Waals surface area contributed by atoms with Crippen molar-refractivity contribution in [2.75, 3.05) is 6.61 Å². The summed E-state index contributed by atoms with van der Waals surface area (Å²) in [5.74, 6) is 0.167. The molecule has 0 aromatic rings. The summed E-state index contributed by atoms with van der Waals surface area (Å²) in [6.45, 7) is 9.09. The molecule has 2 atom stereocenters. The van der Waals surface area contributed by atoms with Gasteiger partial charge in [-0.05, 0) is 26.2 Å². The number of hydrogen-bond acceptors (Lipinski definition) is 2. The lowest BCUT2D eigenvalue weighted by molar-refractivity contribution is -0.350. The van der Waals surface area contributed by atoms with Crippen molar-refractivity contribution in [3.8, 4) is 0 Å². The Hall–Kier alpha value is -0.340. The molecule has 1 aliphatic carbocycles. The van der Waals surface area contributed by atoms with E-state index in [4.69, 9.17) is 9.47 Å². The summed E-state index contributed by atoms with van der Waals surface area (Å²) in [6.07, 6.45) is 8.80. The SMILES string of the molecule is C=CC[C@]1(C)OC2(CCCCC2)OCC1C. The summed E-state index contributed by atoms with van der Waals surface area (Å²) in [5, 5.41) is 0. The third-order valence-corrected chi connectivity index (χ3v) is 4.22. The number of ether oxygens (including phenoxy) is 2. The van der Waals surface area contributed by atoms with E-state index in [1.165, 1.54) is 19.3 Å². The van der Waals surface area contributed by atoms with Crippen LogP contribution in [0, 0.1) is 5.92 Å².